The molecule has 0 atom stereocenters. The van der Waals surface area contributed by atoms with Crippen LogP contribution in [0, 0.1) is 5.92 Å². The number of nitrogens with two attached hydrogens (primary N) is 1. The summed E-state index contributed by atoms with van der Waals surface area (Å²) in [5.41, 5.74) is 9.20. The van der Waals surface area contributed by atoms with E-state index in [9.17, 15) is 0 Å². The Balaban J connectivity index is 1.65. The number of H-pyrrole nitrogens is 1. The number of ether oxygens (including phenoxy) is 2. The summed E-state index contributed by atoms with van der Waals surface area (Å²) in [5.74, 6) is 2.08. The third kappa shape index (κ3) is 4.76. The maximum Gasteiger partial charge on any atom is 0.130 e. The number of hydrogen-bond donors (Lipinski definition) is 2. The summed E-state index contributed by atoms with van der Waals surface area (Å²) in [6, 6.07) is 17.3. The topological polar surface area (TPSA) is 73.2 Å². The summed E-state index contributed by atoms with van der Waals surface area (Å²) in [6.45, 7) is 5.36. The van der Waals surface area contributed by atoms with Gasteiger partial charge in [0.05, 0.1) is 18.0 Å². The molecule has 0 saturated carbocycles. The lowest BCUT2D eigenvalue weighted by Crippen LogP contribution is -2.04. The van der Waals surface area contributed by atoms with Crippen molar-refractivity contribution in [1.82, 2.24) is 10.2 Å². The second-order valence-electron chi connectivity index (χ2n) is 6.37. The van der Waals surface area contributed by atoms with Crippen molar-refractivity contribution in [1.29, 1.82) is 0 Å². The number of aromatic amines is 1. The summed E-state index contributed by atoms with van der Waals surface area (Å²) >= 11 is 0. The predicted molar refractivity (Wildman–Crippen MR) is 99.5 cm³/mol. The van der Waals surface area contributed by atoms with Crippen LogP contribution < -0.4 is 15.2 Å². The van der Waals surface area contributed by atoms with Gasteiger partial charge in [-0.15, -0.1) is 0 Å². The van der Waals surface area contributed by atoms with Crippen molar-refractivity contribution in [3.05, 3.63) is 60.3 Å². The molecule has 0 aliphatic heterocycles. The summed E-state index contributed by atoms with van der Waals surface area (Å²) in [4.78, 5) is 0. The largest absolute Gasteiger partial charge is 0.493 e. The summed E-state index contributed by atoms with van der Waals surface area (Å²) in [5, 5.41) is 7.38. The fraction of sp³-hybridized carbons (Fsp3) is 0.250. The molecule has 0 amide bonds. The van der Waals surface area contributed by atoms with Gasteiger partial charge >= 0.3 is 0 Å². The van der Waals surface area contributed by atoms with Gasteiger partial charge in [0.2, 0.25) is 0 Å². The molecule has 130 valence electrons. The van der Waals surface area contributed by atoms with Crippen LogP contribution in [0.2, 0.25) is 0 Å². The van der Waals surface area contributed by atoms with Crippen molar-refractivity contribution in [3.63, 3.8) is 0 Å². The first-order valence-corrected chi connectivity index (χ1v) is 8.36. The van der Waals surface area contributed by atoms with Crippen molar-refractivity contribution in [2.75, 3.05) is 12.3 Å². The first kappa shape index (κ1) is 16.9. The van der Waals surface area contributed by atoms with E-state index in [1.54, 1.807) is 6.07 Å². The van der Waals surface area contributed by atoms with E-state index in [0.717, 1.165) is 28.5 Å². The molecule has 5 nitrogen and oxygen atoms in total. The average Bonchev–Trinajstić information content (AvgIpc) is 3.08. The van der Waals surface area contributed by atoms with Crippen molar-refractivity contribution < 1.29 is 9.47 Å². The fourth-order valence-corrected chi connectivity index (χ4v) is 2.36. The summed E-state index contributed by atoms with van der Waals surface area (Å²) < 4.78 is 11.5. The lowest BCUT2D eigenvalue weighted by molar-refractivity contribution is 0.271. The maximum atomic E-state index is 5.78. The molecule has 0 spiro atoms. The Morgan fingerprint density at radius 2 is 1.76 bits per heavy atom. The fourth-order valence-electron chi connectivity index (χ4n) is 2.36. The molecule has 5 heteroatoms. The zero-order chi connectivity index (χ0) is 17.6. The molecular weight excluding hydrogens is 314 g/mol. The molecule has 2 aromatic carbocycles. The van der Waals surface area contributed by atoms with Crippen LogP contribution in [0.3, 0.4) is 0 Å². The van der Waals surface area contributed by atoms with E-state index >= 15 is 0 Å². The third-order valence-electron chi connectivity index (χ3n) is 3.60. The van der Waals surface area contributed by atoms with Crippen molar-refractivity contribution in [2.45, 2.75) is 20.5 Å². The lowest BCUT2D eigenvalue weighted by atomic mass is 10.1. The standard InChI is InChI=1S/C20H23N3O2/c1-14(2)12-24-18-7-3-5-15(9-18)20-11-17(22-23-20)13-25-19-8-4-6-16(21)10-19/h3-11,14H,12-13,21H2,1-2H3,(H,22,23). The average molecular weight is 337 g/mol. The normalized spacial score (nSPS) is 10.8. The van der Waals surface area contributed by atoms with Gasteiger partial charge in [0.1, 0.15) is 18.1 Å². The lowest BCUT2D eigenvalue weighted by Gasteiger charge is -2.09. The molecule has 3 N–H and O–H groups in total. The summed E-state index contributed by atoms with van der Waals surface area (Å²) in [7, 11) is 0. The molecule has 0 fully saturated rings. The van der Waals surface area contributed by atoms with Gasteiger partial charge in [-0.3, -0.25) is 5.10 Å². The predicted octanol–water partition coefficient (Wildman–Crippen LogP) is 4.27. The Labute approximate surface area is 147 Å². The van der Waals surface area contributed by atoms with E-state index in [1.165, 1.54) is 0 Å². The second kappa shape index (κ2) is 7.75. The van der Waals surface area contributed by atoms with E-state index in [1.807, 2.05) is 48.5 Å². The van der Waals surface area contributed by atoms with Crippen LogP contribution in [0.5, 0.6) is 11.5 Å². The van der Waals surface area contributed by atoms with Crippen molar-refractivity contribution >= 4 is 5.69 Å². The van der Waals surface area contributed by atoms with Gasteiger partial charge in [-0.25, -0.2) is 0 Å². The number of benzene rings is 2. The number of anilines is 1. The van der Waals surface area contributed by atoms with E-state index < -0.39 is 0 Å². The Morgan fingerprint density at radius 1 is 1.00 bits per heavy atom. The molecule has 0 saturated heterocycles. The summed E-state index contributed by atoms with van der Waals surface area (Å²) in [6.07, 6.45) is 0. The van der Waals surface area contributed by atoms with Crippen LogP contribution >= 0.6 is 0 Å². The van der Waals surface area contributed by atoms with Crippen LogP contribution in [-0.2, 0) is 6.61 Å². The molecule has 0 unspecified atom stereocenters. The van der Waals surface area contributed by atoms with Crippen LogP contribution in [0.4, 0.5) is 5.69 Å². The minimum atomic E-state index is 0.403. The number of nitrogen functional groups attached to an aromatic ring is 1. The zero-order valence-electron chi connectivity index (χ0n) is 14.5. The van der Waals surface area contributed by atoms with Gasteiger partial charge in [0.15, 0.2) is 0 Å². The molecule has 1 heterocycles. The van der Waals surface area contributed by atoms with Gasteiger partial charge in [-0.2, -0.15) is 5.10 Å². The number of nitrogens with one attached hydrogen (secondary N) is 1. The molecule has 0 aliphatic rings. The minimum absolute atomic E-state index is 0.403. The Kier molecular flexibility index (Phi) is 5.23. The quantitative estimate of drug-likeness (QED) is 0.631. The highest BCUT2D eigenvalue weighted by Gasteiger charge is 2.07. The van der Waals surface area contributed by atoms with E-state index in [-0.39, 0.29) is 0 Å². The molecule has 25 heavy (non-hydrogen) atoms. The van der Waals surface area contributed by atoms with E-state index in [0.29, 0.717) is 24.8 Å². The second-order valence-corrected chi connectivity index (χ2v) is 6.37. The van der Waals surface area contributed by atoms with Crippen LogP contribution in [0.25, 0.3) is 11.3 Å². The first-order chi connectivity index (χ1) is 12.1. The maximum absolute atomic E-state index is 5.78. The molecule has 0 bridgehead atoms. The van der Waals surface area contributed by atoms with Crippen LogP contribution in [0.15, 0.2) is 54.6 Å². The molecule has 0 aliphatic carbocycles. The Morgan fingerprint density at radius 3 is 2.52 bits per heavy atom. The number of rotatable bonds is 7. The smallest absolute Gasteiger partial charge is 0.130 e. The minimum Gasteiger partial charge on any atom is -0.493 e. The van der Waals surface area contributed by atoms with E-state index in [4.69, 9.17) is 15.2 Å². The van der Waals surface area contributed by atoms with Gasteiger partial charge in [0.25, 0.3) is 0 Å². The molecule has 3 aromatic rings. The molecule has 1 aromatic heterocycles. The molecule has 3 rings (SSSR count). The van der Waals surface area contributed by atoms with Crippen LogP contribution in [0.1, 0.15) is 19.5 Å². The van der Waals surface area contributed by atoms with Gasteiger partial charge < -0.3 is 15.2 Å². The highest BCUT2D eigenvalue weighted by molar-refractivity contribution is 5.61. The number of aromatic nitrogens is 2. The third-order valence-corrected chi connectivity index (χ3v) is 3.60. The Hall–Kier alpha value is -2.95. The highest BCUT2D eigenvalue weighted by atomic mass is 16.5. The molecule has 0 radical (unpaired) electrons. The first-order valence-electron chi connectivity index (χ1n) is 8.36. The van der Waals surface area contributed by atoms with Gasteiger partial charge in [0, 0.05) is 17.3 Å². The zero-order valence-corrected chi connectivity index (χ0v) is 14.5. The van der Waals surface area contributed by atoms with Crippen LogP contribution in [-0.4, -0.2) is 16.8 Å². The van der Waals surface area contributed by atoms with Crippen molar-refractivity contribution in [2.24, 2.45) is 5.92 Å². The highest BCUT2D eigenvalue weighted by Crippen LogP contribution is 2.24. The monoisotopic (exact) mass is 337 g/mol. The van der Waals surface area contributed by atoms with Crippen molar-refractivity contribution in [3.8, 4) is 22.8 Å². The molecular formula is C20H23N3O2. The van der Waals surface area contributed by atoms with Gasteiger partial charge in [-0.1, -0.05) is 32.0 Å². The van der Waals surface area contributed by atoms with Gasteiger partial charge in [-0.05, 0) is 36.2 Å². The SMILES string of the molecule is CC(C)COc1cccc(-c2cc(COc3cccc(N)c3)[nH]n2)c1. The number of hydrogen-bond acceptors (Lipinski definition) is 4. The number of nitrogens with zero attached hydrogens (tertiary/aromatic N) is 1. The van der Waals surface area contributed by atoms with E-state index in [2.05, 4.69) is 24.0 Å². The Bertz CT molecular complexity index is 827.